The lowest BCUT2D eigenvalue weighted by molar-refractivity contribution is -0.156. The van der Waals surface area contributed by atoms with Crippen LogP contribution < -0.4 is 0 Å². The Hall–Kier alpha value is -1.68. The van der Waals surface area contributed by atoms with Crippen LogP contribution in [0.15, 0.2) is 24.1 Å². The van der Waals surface area contributed by atoms with Gasteiger partial charge in [0.1, 0.15) is 5.76 Å². The van der Waals surface area contributed by atoms with Gasteiger partial charge in [0.15, 0.2) is 12.2 Å². The van der Waals surface area contributed by atoms with Crippen molar-refractivity contribution in [1.29, 1.82) is 0 Å². The molecule has 3 aliphatic carbocycles. The largest absolute Gasteiger partial charge is 0.486 e. The van der Waals surface area contributed by atoms with E-state index in [-0.39, 0.29) is 60.6 Å². The molecule has 3 unspecified atom stereocenters. The number of aliphatic hydroxyl groups is 1. The van der Waals surface area contributed by atoms with Gasteiger partial charge in [-0.05, 0) is 74.8 Å². The number of hydrogen-bond acceptors (Lipinski definition) is 6. The lowest BCUT2D eigenvalue weighted by atomic mass is 9.69. The average Bonchev–Trinajstić information content (AvgIpc) is 3.44. The molecule has 3 aliphatic heterocycles. The fraction of sp³-hybridized carbons (Fsp3) is 0.824. The van der Waals surface area contributed by atoms with E-state index in [1.54, 1.807) is 0 Å². The number of carbonyl (C=O) groups is 2. The van der Waals surface area contributed by atoms with E-state index in [2.05, 4.69) is 31.5 Å². The molecule has 7 atom stereocenters. The van der Waals surface area contributed by atoms with Crippen LogP contribution in [0.1, 0.15) is 84.0 Å². The molecule has 0 aromatic rings. The smallest absolute Gasteiger partial charge is 0.265 e. The number of amides is 2. The van der Waals surface area contributed by atoms with Crippen LogP contribution in [0, 0.1) is 11.8 Å². The Morgan fingerprint density at radius 2 is 1.86 bits per heavy atom. The van der Waals surface area contributed by atoms with Crippen LogP contribution in [-0.4, -0.2) is 91.6 Å². The monoisotopic (exact) mass is 614 g/mol. The van der Waals surface area contributed by atoms with E-state index in [1.807, 2.05) is 18.1 Å². The number of ether oxygens (including phenoxy) is 3. The maximum absolute atomic E-state index is 14.7. The zero-order chi connectivity index (χ0) is 30.5. The SMILES string of the molecule is C=CCN1C(=O)[C@@]2(O[C@@H](CCO)[C@H]([Si](C)(C)C3CCC(OC)CC3)[C@H]2C)C2CC(N3C(=O)COC4=C3CCCC4)CCC21. The second-order valence-electron chi connectivity index (χ2n) is 14.8. The fourth-order valence-electron chi connectivity index (χ4n) is 10.7. The molecule has 0 bridgehead atoms. The number of likely N-dealkylation sites (tertiary alicyclic amines) is 1. The third-order valence-electron chi connectivity index (χ3n) is 12.6. The van der Waals surface area contributed by atoms with Crippen molar-refractivity contribution in [2.45, 2.75) is 138 Å². The number of aliphatic hydroxyl groups excluding tert-OH is 1. The van der Waals surface area contributed by atoms with Gasteiger partial charge >= 0.3 is 0 Å². The quantitative estimate of drug-likeness (QED) is 0.291. The summed E-state index contributed by atoms with van der Waals surface area (Å²) in [6.45, 7) is 12.0. The number of methoxy groups -OCH3 is 1. The lowest BCUT2D eigenvalue weighted by Gasteiger charge is -2.47. The summed E-state index contributed by atoms with van der Waals surface area (Å²) in [5.41, 5.74) is 1.08. The predicted molar refractivity (Wildman–Crippen MR) is 168 cm³/mol. The highest BCUT2D eigenvalue weighted by Crippen LogP contribution is 2.62. The molecule has 240 valence electrons. The summed E-state index contributed by atoms with van der Waals surface area (Å²) in [7, 11) is -0.124. The van der Waals surface area contributed by atoms with Crippen LogP contribution in [0.2, 0.25) is 24.2 Å². The first-order valence-electron chi connectivity index (χ1n) is 17.1. The van der Waals surface area contributed by atoms with Crippen LogP contribution in [0.5, 0.6) is 0 Å². The van der Waals surface area contributed by atoms with Gasteiger partial charge in [-0.2, -0.15) is 0 Å². The van der Waals surface area contributed by atoms with Gasteiger partial charge in [-0.1, -0.05) is 38.9 Å². The molecule has 6 aliphatic rings. The molecule has 3 heterocycles. The highest BCUT2D eigenvalue weighted by atomic mass is 28.3. The molecule has 1 N–H and O–H groups in total. The summed E-state index contributed by atoms with van der Waals surface area (Å²) in [5, 5.41) is 10.2. The molecular formula is C34H54N2O6Si. The summed E-state index contributed by atoms with van der Waals surface area (Å²) >= 11 is 0. The summed E-state index contributed by atoms with van der Waals surface area (Å²) < 4.78 is 18.8. The third-order valence-corrected chi connectivity index (χ3v) is 17.9. The number of carbonyl (C=O) groups excluding carboxylic acids is 2. The first kappa shape index (κ1) is 31.3. The number of hydrogen-bond donors (Lipinski definition) is 1. The second kappa shape index (κ2) is 12.3. The standard InChI is InChI=1S/C34H54N2O6Si/c1-6-18-35-27-16-11-23(36-28-9-7-8-10-29(28)41-21-31(36)38)20-26(27)34(33(35)39)22(2)32(30(42-34)17-19-37)43(4,5)25-14-12-24(40-3)13-15-25/h6,22-27,30,32,37H,1,7-21H2,2-5H3/t22-,23?,24?,25?,26?,27?,30+,32-,34+/m1/s1. The molecule has 1 spiro atoms. The average molecular weight is 615 g/mol. The summed E-state index contributed by atoms with van der Waals surface area (Å²) in [6, 6.07) is 0.130. The van der Waals surface area contributed by atoms with Crippen LogP contribution in [0.4, 0.5) is 0 Å². The molecule has 8 nitrogen and oxygen atoms in total. The van der Waals surface area contributed by atoms with Gasteiger partial charge in [-0.3, -0.25) is 9.59 Å². The maximum Gasteiger partial charge on any atom is 0.265 e. The van der Waals surface area contributed by atoms with Crippen molar-refractivity contribution in [3.8, 4) is 0 Å². The van der Waals surface area contributed by atoms with Crippen molar-refractivity contribution in [2.24, 2.45) is 11.8 Å². The zero-order valence-electron chi connectivity index (χ0n) is 26.9. The molecule has 2 amide bonds. The van der Waals surface area contributed by atoms with E-state index < -0.39 is 13.7 Å². The molecule has 6 rings (SSSR count). The topological polar surface area (TPSA) is 88.5 Å². The second-order valence-corrected chi connectivity index (χ2v) is 19.9. The van der Waals surface area contributed by atoms with Gasteiger partial charge in [0.2, 0.25) is 0 Å². The number of fused-ring (bicyclic) bond motifs is 2. The molecule has 4 fully saturated rings. The number of rotatable bonds is 8. The Morgan fingerprint density at radius 1 is 1.12 bits per heavy atom. The minimum atomic E-state index is -1.95. The van der Waals surface area contributed by atoms with Crippen molar-refractivity contribution >= 4 is 19.9 Å². The van der Waals surface area contributed by atoms with Crippen LogP contribution in [-0.2, 0) is 23.8 Å². The summed E-state index contributed by atoms with van der Waals surface area (Å²) in [6.07, 6.45) is 13.6. The summed E-state index contributed by atoms with van der Waals surface area (Å²) in [5.74, 6) is 1.21. The van der Waals surface area contributed by atoms with Crippen molar-refractivity contribution in [1.82, 2.24) is 9.80 Å². The van der Waals surface area contributed by atoms with Gasteiger partial charge in [-0.25, -0.2) is 0 Å². The van der Waals surface area contributed by atoms with E-state index >= 15 is 0 Å². The van der Waals surface area contributed by atoms with Crippen LogP contribution >= 0.6 is 0 Å². The van der Waals surface area contributed by atoms with Crippen LogP contribution in [0.25, 0.3) is 0 Å². The first-order valence-corrected chi connectivity index (χ1v) is 20.2. The van der Waals surface area contributed by atoms with Crippen molar-refractivity contribution in [3.05, 3.63) is 24.1 Å². The Balaban J connectivity index is 1.35. The van der Waals surface area contributed by atoms with E-state index in [0.29, 0.717) is 24.6 Å². The fourth-order valence-corrected chi connectivity index (χ4v) is 15.7. The highest BCUT2D eigenvalue weighted by Gasteiger charge is 2.71. The highest BCUT2D eigenvalue weighted by molar-refractivity contribution is 6.80. The molecule has 0 radical (unpaired) electrons. The van der Waals surface area contributed by atoms with Crippen molar-refractivity contribution in [3.63, 3.8) is 0 Å². The Bertz CT molecular complexity index is 1120. The Kier molecular flexibility index (Phi) is 8.92. The van der Waals surface area contributed by atoms with Crippen LogP contribution in [0.3, 0.4) is 0 Å². The number of nitrogens with zero attached hydrogens (tertiary/aromatic N) is 2. The van der Waals surface area contributed by atoms with Gasteiger partial charge < -0.3 is 29.1 Å². The third kappa shape index (κ3) is 5.05. The van der Waals surface area contributed by atoms with E-state index in [4.69, 9.17) is 14.2 Å². The zero-order valence-corrected chi connectivity index (χ0v) is 27.9. The molecule has 43 heavy (non-hydrogen) atoms. The predicted octanol–water partition coefficient (Wildman–Crippen LogP) is 5.39. The molecule has 9 heteroatoms. The van der Waals surface area contributed by atoms with Crippen molar-refractivity contribution < 1.29 is 28.9 Å². The Morgan fingerprint density at radius 3 is 2.56 bits per heavy atom. The van der Waals surface area contributed by atoms with Crippen molar-refractivity contribution in [2.75, 3.05) is 26.9 Å². The van der Waals surface area contributed by atoms with E-state index in [9.17, 15) is 14.7 Å². The molecular weight excluding hydrogens is 560 g/mol. The molecule has 2 saturated heterocycles. The van der Waals surface area contributed by atoms with E-state index in [0.717, 1.165) is 69.2 Å². The minimum absolute atomic E-state index is 0.00259. The van der Waals surface area contributed by atoms with E-state index in [1.165, 1.54) is 12.8 Å². The minimum Gasteiger partial charge on any atom is -0.486 e. The number of allylic oxidation sites excluding steroid dienone is 2. The van der Waals surface area contributed by atoms with Gasteiger partial charge in [0.05, 0.1) is 26.0 Å². The first-order chi connectivity index (χ1) is 20.7. The molecule has 2 saturated carbocycles. The van der Waals surface area contributed by atoms with Gasteiger partial charge in [0, 0.05) is 44.7 Å². The maximum atomic E-state index is 14.7. The summed E-state index contributed by atoms with van der Waals surface area (Å²) in [4.78, 5) is 32.3. The Labute approximate surface area is 259 Å². The molecule has 0 aromatic heterocycles. The van der Waals surface area contributed by atoms with Gasteiger partial charge in [0.25, 0.3) is 11.8 Å². The lowest BCUT2D eigenvalue weighted by Crippen LogP contribution is -2.54. The van der Waals surface area contributed by atoms with Gasteiger partial charge in [-0.15, -0.1) is 6.58 Å². The molecule has 0 aromatic carbocycles. The normalized spacial score (nSPS) is 40.1.